The summed E-state index contributed by atoms with van der Waals surface area (Å²) in [7, 11) is -3.06. The maximum atomic E-state index is 11.8. The summed E-state index contributed by atoms with van der Waals surface area (Å²) in [6.45, 7) is 5.25. The number of sulfone groups is 1. The minimum absolute atomic E-state index is 0.295. The van der Waals surface area contributed by atoms with Crippen LogP contribution >= 0.6 is 0 Å². The van der Waals surface area contributed by atoms with Crippen LogP contribution in [-0.2, 0) is 9.84 Å². The first-order chi connectivity index (χ1) is 13.3. The molecule has 28 heavy (non-hydrogen) atoms. The normalized spacial score (nSPS) is 17.6. The number of anilines is 3. The van der Waals surface area contributed by atoms with Crippen LogP contribution in [0.1, 0.15) is 26.3 Å². The van der Waals surface area contributed by atoms with Crippen LogP contribution in [0.4, 0.5) is 17.6 Å². The lowest BCUT2D eigenvalue weighted by Crippen LogP contribution is -2.27. The maximum Gasteiger partial charge on any atom is 0.227 e. The molecule has 3 aromatic heterocycles. The molecule has 0 aromatic carbocycles. The summed E-state index contributed by atoms with van der Waals surface area (Å²) >= 11 is 0. The molecule has 1 saturated heterocycles. The van der Waals surface area contributed by atoms with Crippen molar-refractivity contribution in [2.45, 2.75) is 31.6 Å². The first kappa shape index (κ1) is 18.6. The van der Waals surface area contributed by atoms with Gasteiger partial charge < -0.3 is 14.8 Å². The van der Waals surface area contributed by atoms with Gasteiger partial charge in [-0.15, -0.1) is 0 Å². The van der Waals surface area contributed by atoms with Crippen molar-refractivity contribution >= 4 is 38.5 Å². The Bertz CT molecular complexity index is 1110. The highest BCUT2D eigenvalue weighted by molar-refractivity contribution is 7.91. The van der Waals surface area contributed by atoms with Crippen LogP contribution in [0.5, 0.6) is 0 Å². The predicted octanol–water partition coefficient (Wildman–Crippen LogP) is 2.17. The monoisotopic (exact) mass is 401 g/mol. The van der Waals surface area contributed by atoms with Crippen LogP contribution in [0.15, 0.2) is 30.9 Å². The molecular weight excluding hydrogens is 378 g/mol. The Morgan fingerprint density at radius 1 is 1.21 bits per heavy atom. The summed E-state index contributed by atoms with van der Waals surface area (Å²) in [6.07, 6.45) is 7.08. The van der Waals surface area contributed by atoms with E-state index in [0.29, 0.717) is 43.1 Å². The van der Waals surface area contributed by atoms with E-state index in [2.05, 4.69) is 43.7 Å². The number of rotatable bonds is 5. The fourth-order valence-corrected chi connectivity index (χ4v) is 4.36. The Labute approximate surface area is 163 Å². The molecule has 10 heteroatoms. The number of aromatic nitrogens is 5. The van der Waals surface area contributed by atoms with Crippen LogP contribution in [0.3, 0.4) is 0 Å². The Morgan fingerprint density at radius 2 is 2.04 bits per heavy atom. The summed E-state index contributed by atoms with van der Waals surface area (Å²) in [5.74, 6) is 1.79. The van der Waals surface area contributed by atoms with Gasteiger partial charge in [0.05, 0.1) is 23.3 Å². The van der Waals surface area contributed by atoms with Gasteiger partial charge in [-0.25, -0.2) is 23.4 Å². The van der Waals surface area contributed by atoms with Gasteiger partial charge in [0.2, 0.25) is 5.95 Å². The Hall–Kier alpha value is -2.75. The van der Waals surface area contributed by atoms with Crippen molar-refractivity contribution in [3.8, 4) is 0 Å². The van der Waals surface area contributed by atoms with E-state index in [0.717, 1.165) is 11.0 Å². The number of imidazole rings is 1. The highest BCUT2D eigenvalue weighted by Crippen LogP contribution is 2.24. The van der Waals surface area contributed by atoms with Crippen LogP contribution < -0.4 is 10.2 Å². The molecule has 1 unspecified atom stereocenters. The zero-order valence-electron chi connectivity index (χ0n) is 16.1. The molecule has 1 aliphatic rings. The van der Waals surface area contributed by atoms with Crippen molar-refractivity contribution in [3.05, 3.63) is 30.9 Å². The highest BCUT2D eigenvalue weighted by Gasteiger charge is 2.31. The van der Waals surface area contributed by atoms with Gasteiger partial charge in [-0.1, -0.05) is 0 Å². The van der Waals surface area contributed by atoms with E-state index in [9.17, 15) is 8.42 Å². The first-order valence-electron chi connectivity index (χ1n) is 9.18. The standard InChI is InChI=1S/C18H23N7O2S/c1-12(2)25-11-21-14-9-20-17(8-15(14)25)22-16-4-6-19-18(23-16)24-7-5-13(10-24)28(3,26)27/h4,6,8-9,11-13H,5,7,10H2,1-3H3,(H,19,20,22,23). The second kappa shape index (κ2) is 7.01. The third-order valence-corrected chi connectivity index (χ3v) is 6.55. The minimum Gasteiger partial charge on any atom is -0.339 e. The van der Waals surface area contributed by atoms with Gasteiger partial charge in [0.25, 0.3) is 0 Å². The number of nitrogens with one attached hydrogen (secondary N) is 1. The maximum absolute atomic E-state index is 11.8. The minimum atomic E-state index is -3.06. The fraction of sp³-hybridized carbons (Fsp3) is 0.444. The molecule has 0 amide bonds. The van der Waals surface area contributed by atoms with Gasteiger partial charge >= 0.3 is 0 Å². The predicted molar refractivity (Wildman–Crippen MR) is 109 cm³/mol. The molecule has 148 valence electrons. The number of pyridine rings is 1. The third kappa shape index (κ3) is 3.64. The summed E-state index contributed by atoms with van der Waals surface area (Å²) in [5.41, 5.74) is 1.84. The van der Waals surface area contributed by atoms with Gasteiger partial charge in [-0.05, 0) is 26.3 Å². The largest absolute Gasteiger partial charge is 0.339 e. The Balaban J connectivity index is 1.56. The molecule has 1 aliphatic heterocycles. The molecular formula is C18H23N7O2S. The van der Waals surface area contributed by atoms with E-state index < -0.39 is 9.84 Å². The van der Waals surface area contributed by atoms with E-state index in [1.54, 1.807) is 18.5 Å². The molecule has 0 bridgehead atoms. The third-order valence-electron chi connectivity index (χ3n) is 4.95. The Morgan fingerprint density at radius 3 is 2.75 bits per heavy atom. The molecule has 0 saturated carbocycles. The molecule has 4 rings (SSSR count). The number of fused-ring (bicyclic) bond motifs is 1. The molecule has 1 N–H and O–H groups in total. The number of hydrogen-bond acceptors (Lipinski definition) is 8. The lowest BCUT2D eigenvalue weighted by atomic mass is 10.3. The smallest absolute Gasteiger partial charge is 0.227 e. The first-order valence-corrected chi connectivity index (χ1v) is 11.1. The number of hydrogen-bond donors (Lipinski definition) is 1. The molecule has 1 atom stereocenters. The van der Waals surface area contributed by atoms with E-state index in [4.69, 9.17) is 0 Å². The molecule has 3 aromatic rings. The van der Waals surface area contributed by atoms with Crippen LogP contribution in [0.2, 0.25) is 0 Å². The van der Waals surface area contributed by atoms with Gasteiger partial charge in [-0.2, -0.15) is 4.98 Å². The van der Waals surface area contributed by atoms with E-state index >= 15 is 0 Å². The summed E-state index contributed by atoms with van der Waals surface area (Å²) in [5, 5.41) is 2.84. The van der Waals surface area contributed by atoms with Crippen molar-refractivity contribution in [2.24, 2.45) is 0 Å². The molecule has 4 heterocycles. The summed E-state index contributed by atoms with van der Waals surface area (Å²) in [6, 6.07) is 4.00. The lowest BCUT2D eigenvalue weighted by Gasteiger charge is -2.16. The number of nitrogens with zero attached hydrogens (tertiary/aromatic N) is 6. The molecule has 0 radical (unpaired) electrons. The van der Waals surface area contributed by atoms with Gasteiger partial charge in [0, 0.05) is 37.7 Å². The average Bonchev–Trinajstić information content (AvgIpc) is 3.29. The topological polar surface area (TPSA) is 106 Å². The van der Waals surface area contributed by atoms with Crippen LogP contribution in [0, 0.1) is 0 Å². The quantitative estimate of drug-likeness (QED) is 0.693. The summed E-state index contributed by atoms with van der Waals surface area (Å²) in [4.78, 5) is 19.5. The van der Waals surface area contributed by atoms with Crippen LogP contribution in [-0.4, -0.2) is 57.5 Å². The second-order valence-corrected chi connectivity index (χ2v) is 9.68. The molecule has 0 spiro atoms. The fourth-order valence-electron chi connectivity index (χ4n) is 3.37. The van der Waals surface area contributed by atoms with Crippen molar-refractivity contribution in [1.82, 2.24) is 24.5 Å². The van der Waals surface area contributed by atoms with E-state index in [1.807, 2.05) is 17.3 Å². The van der Waals surface area contributed by atoms with E-state index in [-0.39, 0.29) is 5.25 Å². The zero-order chi connectivity index (χ0) is 19.9. The van der Waals surface area contributed by atoms with Gasteiger partial charge in [-0.3, -0.25) is 0 Å². The van der Waals surface area contributed by atoms with E-state index in [1.165, 1.54) is 6.26 Å². The highest BCUT2D eigenvalue weighted by atomic mass is 32.2. The van der Waals surface area contributed by atoms with Crippen molar-refractivity contribution in [2.75, 3.05) is 29.6 Å². The lowest BCUT2D eigenvalue weighted by molar-refractivity contribution is 0.589. The Kier molecular flexibility index (Phi) is 4.66. The second-order valence-electron chi connectivity index (χ2n) is 7.36. The van der Waals surface area contributed by atoms with Crippen molar-refractivity contribution in [3.63, 3.8) is 0 Å². The molecule has 0 aliphatic carbocycles. The zero-order valence-corrected chi connectivity index (χ0v) is 16.9. The average molecular weight is 401 g/mol. The molecule has 1 fully saturated rings. The van der Waals surface area contributed by atoms with Gasteiger partial charge in [0.1, 0.15) is 17.2 Å². The summed E-state index contributed by atoms with van der Waals surface area (Å²) < 4.78 is 25.7. The van der Waals surface area contributed by atoms with Crippen molar-refractivity contribution in [1.29, 1.82) is 0 Å². The van der Waals surface area contributed by atoms with Crippen molar-refractivity contribution < 1.29 is 8.42 Å². The SMILES string of the molecule is CC(C)n1cnc2cnc(Nc3ccnc(N4CCC(S(C)(=O)=O)C4)n3)cc21. The van der Waals surface area contributed by atoms with Gasteiger partial charge in [0.15, 0.2) is 9.84 Å². The molecule has 9 nitrogen and oxygen atoms in total. The van der Waals surface area contributed by atoms with Crippen LogP contribution in [0.25, 0.3) is 11.0 Å².